The molecule has 0 aromatic heterocycles. The van der Waals surface area contributed by atoms with E-state index >= 15 is 0 Å². The molecule has 2 heterocycles. The number of imide groups is 4. The second-order valence-corrected chi connectivity index (χ2v) is 3.65. The summed E-state index contributed by atoms with van der Waals surface area (Å²) < 4.78 is 0. The number of barbiturate groups is 2. The predicted octanol–water partition coefficient (Wildman–Crippen LogP) is -3.95. The summed E-state index contributed by atoms with van der Waals surface area (Å²) in [5.41, 5.74) is 0. The lowest BCUT2D eigenvalue weighted by molar-refractivity contribution is -0.136. The summed E-state index contributed by atoms with van der Waals surface area (Å²) >= 11 is 0. The summed E-state index contributed by atoms with van der Waals surface area (Å²) in [7, 11) is 0. The lowest BCUT2D eigenvalue weighted by Crippen LogP contribution is -2.70. The van der Waals surface area contributed by atoms with Crippen molar-refractivity contribution in [1.82, 2.24) is 26.6 Å². The Kier molecular flexibility index (Phi) is 2.96. The highest BCUT2D eigenvalue weighted by Gasteiger charge is 2.41. The average Bonchev–Trinajstić information content (AvgIpc) is 2.25. The molecule has 0 unspecified atom stereocenters. The first-order valence-corrected chi connectivity index (χ1v) is 4.96. The topological polar surface area (TPSA) is 163 Å². The van der Waals surface area contributed by atoms with Crippen molar-refractivity contribution in [3.8, 4) is 0 Å². The minimum absolute atomic E-state index is 0.999. The van der Waals surface area contributed by atoms with Gasteiger partial charge in [0.25, 0.3) is 23.6 Å². The molecule has 8 amide bonds. The molecule has 0 saturated carbocycles. The molecule has 2 fully saturated rings. The van der Waals surface area contributed by atoms with Crippen LogP contribution < -0.4 is 26.6 Å². The molecule has 2 rings (SSSR count). The van der Waals surface area contributed by atoms with Crippen molar-refractivity contribution in [3.05, 3.63) is 0 Å². The van der Waals surface area contributed by atoms with E-state index in [0.29, 0.717) is 0 Å². The van der Waals surface area contributed by atoms with E-state index < -0.39 is 47.8 Å². The number of hydrogen-bond acceptors (Lipinski definition) is 7. The summed E-state index contributed by atoms with van der Waals surface area (Å²) in [4.78, 5) is 67.1. The third-order valence-electron chi connectivity index (χ3n) is 2.33. The van der Waals surface area contributed by atoms with Crippen LogP contribution in [-0.4, -0.2) is 47.8 Å². The minimum atomic E-state index is -1.60. The molecular formula is C8H7N5O6. The fourth-order valence-electron chi connectivity index (χ4n) is 1.51. The number of amides is 8. The molecule has 0 spiro atoms. The van der Waals surface area contributed by atoms with Crippen molar-refractivity contribution in [2.45, 2.75) is 12.1 Å². The van der Waals surface area contributed by atoms with E-state index in [0.717, 1.165) is 0 Å². The van der Waals surface area contributed by atoms with Crippen LogP contribution in [0.25, 0.3) is 0 Å². The SMILES string of the molecule is O=C1NC(=O)C(NC2C(=O)NC(=O)NC2=O)C(=O)N1. The van der Waals surface area contributed by atoms with Crippen molar-refractivity contribution in [3.63, 3.8) is 0 Å². The fraction of sp³-hybridized carbons (Fsp3) is 0.250. The van der Waals surface area contributed by atoms with Crippen molar-refractivity contribution >= 4 is 35.7 Å². The summed E-state index contributed by atoms with van der Waals surface area (Å²) in [6.07, 6.45) is 0. The maximum absolute atomic E-state index is 11.4. The Morgan fingerprint density at radius 2 is 0.842 bits per heavy atom. The van der Waals surface area contributed by atoms with Crippen LogP contribution in [0.4, 0.5) is 9.59 Å². The van der Waals surface area contributed by atoms with Gasteiger partial charge in [0.05, 0.1) is 0 Å². The molecule has 0 aromatic carbocycles. The molecule has 100 valence electrons. The lowest BCUT2D eigenvalue weighted by Gasteiger charge is -2.27. The lowest BCUT2D eigenvalue weighted by atomic mass is 10.1. The van der Waals surface area contributed by atoms with Gasteiger partial charge in [-0.1, -0.05) is 0 Å². The number of urea groups is 2. The Morgan fingerprint density at radius 3 is 1.11 bits per heavy atom. The van der Waals surface area contributed by atoms with Crippen molar-refractivity contribution in [2.75, 3.05) is 0 Å². The third kappa shape index (κ3) is 2.40. The molecule has 0 atom stereocenters. The second kappa shape index (κ2) is 4.45. The van der Waals surface area contributed by atoms with Gasteiger partial charge < -0.3 is 0 Å². The highest BCUT2D eigenvalue weighted by molar-refractivity contribution is 6.22. The normalized spacial score (nSPS) is 21.7. The van der Waals surface area contributed by atoms with Gasteiger partial charge in [-0.05, 0) is 0 Å². The maximum atomic E-state index is 11.4. The number of rotatable bonds is 2. The highest BCUT2D eigenvalue weighted by Crippen LogP contribution is 1.98. The zero-order valence-corrected chi connectivity index (χ0v) is 9.10. The molecule has 0 radical (unpaired) electrons. The zero-order chi connectivity index (χ0) is 14.2. The highest BCUT2D eigenvalue weighted by atomic mass is 16.2. The van der Waals surface area contributed by atoms with E-state index in [1.54, 1.807) is 21.3 Å². The van der Waals surface area contributed by atoms with Crippen molar-refractivity contribution < 1.29 is 28.8 Å². The molecular weight excluding hydrogens is 262 g/mol. The Bertz CT molecular complexity index is 442. The van der Waals surface area contributed by atoms with Gasteiger partial charge in [0.15, 0.2) is 12.1 Å². The van der Waals surface area contributed by atoms with Gasteiger partial charge in [0.1, 0.15) is 0 Å². The second-order valence-electron chi connectivity index (χ2n) is 3.65. The Morgan fingerprint density at radius 1 is 0.579 bits per heavy atom. The van der Waals surface area contributed by atoms with Gasteiger partial charge in [-0.3, -0.25) is 45.8 Å². The van der Waals surface area contributed by atoms with Crippen LogP contribution in [0.3, 0.4) is 0 Å². The first kappa shape index (κ1) is 12.6. The molecule has 2 aliphatic rings. The summed E-state index contributed by atoms with van der Waals surface area (Å²) in [6.45, 7) is 0. The predicted molar refractivity (Wildman–Crippen MR) is 54.1 cm³/mol. The summed E-state index contributed by atoms with van der Waals surface area (Å²) in [6, 6.07) is -5.21. The van der Waals surface area contributed by atoms with Gasteiger partial charge in [0.2, 0.25) is 0 Å². The molecule has 0 bridgehead atoms. The summed E-state index contributed by atoms with van der Waals surface area (Å²) in [5.74, 6) is -4.03. The smallest absolute Gasteiger partial charge is 0.279 e. The van der Waals surface area contributed by atoms with Crippen LogP contribution in [-0.2, 0) is 19.2 Å². The Balaban J connectivity index is 2.12. The van der Waals surface area contributed by atoms with Gasteiger partial charge in [0, 0.05) is 0 Å². The van der Waals surface area contributed by atoms with Crippen LogP contribution in [0.2, 0.25) is 0 Å². The first-order chi connectivity index (χ1) is 8.88. The fourth-order valence-corrected chi connectivity index (χ4v) is 1.51. The zero-order valence-electron chi connectivity index (χ0n) is 9.10. The van der Waals surface area contributed by atoms with Crippen LogP contribution >= 0.6 is 0 Å². The van der Waals surface area contributed by atoms with Gasteiger partial charge >= 0.3 is 12.1 Å². The number of carbonyl (C=O) groups excluding carboxylic acids is 6. The molecule has 19 heavy (non-hydrogen) atoms. The van der Waals surface area contributed by atoms with E-state index in [9.17, 15) is 28.8 Å². The van der Waals surface area contributed by atoms with E-state index in [4.69, 9.17) is 0 Å². The largest absolute Gasteiger partial charge is 0.328 e. The maximum Gasteiger partial charge on any atom is 0.328 e. The number of nitrogens with one attached hydrogen (secondary N) is 5. The Labute approximate surface area is 104 Å². The van der Waals surface area contributed by atoms with Gasteiger partial charge in [-0.2, -0.15) is 0 Å². The monoisotopic (exact) mass is 269 g/mol. The molecule has 5 N–H and O–H groups in total. The molecule has 0 aliphatic carbocycles. The quantitative estimate of drug-likeness (QED) is 0.319. The number of carbonyl (C=O) groups is 6. The summed E-state index contributed by atoms with van der Waals surface area (Å²) in [5, 5.41) is 9.29. The van der Waals surface area contributed by atoms with Gasteiger partial charge in [-0.25, -0.2) is 9.59 Å². The van der Waals surface area contributed by atoms with E-state index in [1.807, 2.05) is 0 Å². The van der Waals surface area contributed by atoms with Crippen LogP contribution in [0.1, 0.15) is 0 Å². The standard InChI is InChI=1S/C8H7N5O6/c14-3-1(4(15)11-7(18)10-3)9-2-5(16)12-8(19)13-6(2)17/h1-2,9H,(H2,10,11,14,15,18)(H2,12,13,16,17,19). The van der Waals surface area contributed by atoms with E-state index in [-0.39, 0.29) is 0 Å². The van der Waals surface area contributed by atoms with Crippen LogP contribution in [0, 0.1) is 0 Å². The van der Waals surface area contributed by atoms with Crippen molar-refractivity contribution in [2.24, 2.45) is 0 Å². The Hall–Kier alpha value is -2.82. The molecule has 2 saturated heterocycles. The van der Waals surface area contributed by atoms with E-state index in [2.05, 4.69) is 5.32 Å². The molecule has 11 heteroatoms. The van der Waals surface area contributed by atoms with Gasteiger partial charge in [-0.15, -0.1) is 0 Å². The molecule has 11 nitrogen and oxygen atoms in total. The third-order valence-corrected chi connectivity index (χ3v) is 2.33. The first-order valence-electron chi connectivity index (χ1n) is 4.96. The van der Waals surface area contributed by atoms with Crippen molar-refractivity contribution in [1.29, 1.82) is 0 Å². The van der Waals surface area contributed by atoms with Crippen LogP contribution in [0.15, 0.2) is 0 Å². The molecule has 2 aliphatic heterocycles. The van der Waals surface area contributed by atoms with E-state index in [1.165, 1.54) is 0 Å². The minimum Gasteiger partial charge on any atom is -0.279 e. The van der Waals surface area contributed by atoms with Crippen LogP contribution in [0.5, 0.6) is 0 Å². The average molecular weight is 269 g/mol. The molecule has 0 aromatic rings. The number of hydrogen-bond donors (Lipinski definition) is 5.